The van der Waals surface area contributed by atoms with Gasteiger partial charge in [-0.05, 0) is 44.4 Å². The highest BCUT2D eigenvalue weighted by atomic mass is 35.5. The van der Waals surface area contributed by atoms with E-state index in [-0.39, 0.29) is 12.5 Å². The van der Waals surface area contributed by atoms with E-state index in [4.69, 9.17) is 21.1 Å². The van der Waals surface area contributed by atoms with Crippen LogP contribution in [0.4, 0.5) is 11.6 Å². The molecule has 1 amide bonds. The van der Waals surface area contributed by atoms with Crippen molar-refractivity contribution in [2.45, 2.75) is 26.2 Å². The molecule has 1 fully saturated rings. The highest BCUT2D eigenvalue weighted by molar-refractivity contribution is 6.32. The summed E-state index contributed by atoms with van der Waals surface area (Å²) in [6.07, 6.45) is 3.52. The highest BCUT2D eigenvalue weighted by Crippen LogP contribution is 2.27. The second kappa shape index (κ2) is 8.90. The summed E-state index contributed by atoms with van der Waals surface area (Å²) in [4.78, 5) is 23.2. The van der Waals surface area contributed by atoms with Gasteiger partial charge in [-0.15, -0.1) is 0 Å². The number of halogens is 1. The van der Waals surface area contributed by atoms with Crippen molar-refractivity contribution < 1.29 is 14.3 Å². The number of benzene rings is 1. The average Bonchev–Trinajstić information content (AvgIpc) is 2.67. The number of piperidine rings is 1. The predicted octanol–water partition coefficient (Wildman–Crippen LogP) is 3.45. The number of amides is 1. The van der Waals surface area contributed by atoms with Gasteiger partial charge < -0.3 is 19.7 Å². The smallest absolute Gasteiger partial charge is 0.262 e. The molecule has 1 aliphatic heterocycles. The Balaban J connectivity index is 1.59. The van der Waals surface area contributed by atoms with E-state index in [2.05, 4.69) is 20.2 Å². The number of methoxy groups -OCH3 is 1. The van der Waals surface area contributed by atoms with Crippen molar-refractivity contribution in [3.8, 4) is 11.6 Å². The summed E-state index contributed by atoms with van der Waals surface area (Å²) >= 11 is 6.07. The number of anilines is 2. The molecule has 8 heteroatoms. The Hall–Kier alpha value is -2.54. The molecule has 2 heterocycles. The summed E-state index contributed by atoms with van der Waals surface area (Å²) in [7, 11) is 1.54. The third kappa shape index (κ3) is 5.23. The molecule has 1 N–H and O–H groups in total. The minimum absolute atomic E-state index is 0.153. The number of carbonyl (C=O) groups excluding carboxylic acids is 1. The summed E-state index contributed by atoms with van der Waals surface area (Å²) < 4.78 is 10.7. The molecule has 0 spiro atoms. The van der Waals surface area contributed by atoms with Crippen LogP contribution in [0.2, 0.25) is 5.02 Å². The van der Waals surface area contributed by atoms with Crippen LogP contribution in [-0.4, -0.2) is 42.7 Å². The second-order valence-electron chi connectivity index (χ2n) is 6.38. The zero-order valence-electron chi connectivity index (χ0n) is 15.5. The molecule has 0 bridgehead atoms. The first-order valence-corrected chi connectivity index (χ1v) is 9.30. The minimum atomic E-state index is -0.299. The molecule has 7 nitrogen and oxygen atoms in total. The normalized spacial score (nSPS) is 14.0. The third-order valence-electron chi connectivity index (χ3n) is 4.24. The molecule has 0 saturated carbocycles. The van der Waals surface area contributed by atoms with E-state index < -0.39 is 0 Å². The topological polar surface area (TPSA) is 76.6 Å². The van der Waals surface area contributed by atoms with Gasteiger partial charge in [0, 0.05) is 30.5 Å². The largest absolute Gasteiger partial charge is 0.495 e. The molecule has 1 aromatic carbocycles. The zero-order valence-corrected chi connectivity index (χ0v) is 16.3. The van der Waals surface area contributed by atoms with E-state index in [9.17, 15) is 4.79 Å². The quantitative estimate of drug-likeness (QED) is 0.814. The van der Waals surface area contributed by atoms with Crippen molar-refractivity contribution in [3.05, 3.63) is 35.0 Å². The average molecular weight is 391 g/mol. The number of nitrogens with one attached hydrogen (secondary N) is 1. The zero-order chi connectivity index (χ0) is 19.2. The Labute approximate surface area is 163 Å². The van der Waals surface area contributed by atoms with Gasteiger partial charge in [-0.1, -0.05) is 11.6 Å². The van der Waals surface area contributed by atoms with E-state index in [0.717, 1.165) is 31.6 Å². The number of nitrogens with zero attached hydrogens (tertiary/aromatic N) is 3. The van der Waals surface area contributed by atoms with Crippen LogP contribution in [0.5, 0.6) is 11.6 Å². The van der Waals surface area contributed by atoms with E-state index >= 15 is 0 Å². The van der Waals surface area contributed by atoms with Crippen LogP contribution in [0.1, 0.15) is 25.0 Å². The fraction of sp³-hybridized carbons (Fsp3) is 0.421. The first-order valence-electron chi connectivity index (χ1n) is 8.92. The monoisotopic (exact) mass is 390 g/mol. The van der Waals surface area contributed by atoms with Gasteiger partial charge in [-0.2, -0.15) is 4.98 Å². The van der Waals surface area contributed by atoms with Gasteiger partial charge in [0.05, 0.1) is 12.1 Å². The Morgan fingerprint density at radius 1 is 1.22 bits per heavy atom. The highest BCUT2D eigenvalue weighted by Gasteiger charge is 2.15. The summed E-state index contributed by atoms with van der Waals surface area (Å²) in [6.45, 7) is 3.63. The van der Waals surface area contributed by atoms with E-state index in [1.54, 1.807) is 24.3 Å². The lowest BCUT2D eigenvalue weighted by Gasteiger charge is -2.26. The van der Waals surface area contributed by atoms with Gasteiger partial charge in [0.25, 0.3) is 5.91 Å². The van der Waals surface area contributed by atoms with Gasteiger partial charge in [0.2, 0.25) is 11.8 Å². The molecule has 1 saturated heterocycles. The number of hydrogen-bond acceptors (Lipinski definition) is 6. The Morgan fingerprint density at radius 3 is 2.70 bits per heavy atom. The molecule has 0 unspecified atom stereocenters. The van der Waals surface area contributed by atoms with Crippen molar-refractivity contribution >= 4 is 29.1 Å². The van der Waals surface area contributed by atoms with Crippen molar-refractivity contribution in [3.63, 3.8) is 0 Å². The number of ether oxygens (including phenoxy) is 2. The van der Waals surface area contributed by atoms with Gasteiger partial charge in [0.15, 0.2) is 6.61 Å². The van der Waals surface area contributed by atoms with Crippen LogP contribution >= 0.6 is 11.6 Å². The van der Waals surface area contributed by atoms with Gasteiger partial charge in [0.1, 0.15) is 5.75 Å². The van der Waals surface area contributed by atoms with Gasteiger partial charge >= 0.3 is 0 Å². The minimum Gasteiger partial charge on any atom is -0.495 e. The maximum Gasteiger partial charge on any atom is 0.262 e. The molecule has 0 aliphatic carbocycles. The molecule has 2 aromatic rings. The number of carbonyl (C=O) groups is 1. The Bertz CT molecular complexity index is 810. The summed E-state index contributed by atoms with van der Waals surface area (Å²) in [6, 6.07) is 6.76. The molecule has 0 radical (unpaired) electrons. The lowest BCUT2D eigenvalue weighted by molar-refractivity contribution is -0.118. The first kappa shape index (κ1) is 19.2. The molecule has 27 heavy (non-hydrogen) atoms. The second-order valence-corrected chi connectivity index (χ2v) is 6.79. The van der Waals surface area contributed by atoms with Crippen LogP contribution in [0.25, 0.3) is 0 Å². The fourth-order valence-electron chi connectivity index (χ4n) is 2.91. The number of aromatic nitrogens is 2. The molecular formula is C19H23ClN4O3. The van der Waals surface area contributed by atoms with Crippen molar-refractivity contribution in [1.82, 2.24) is 9.97 Å². The Morgan fingerprint density at radius 2 is 2.00 bits per heavy atom. The Kier molecular flexibility index (Phi) is 6.34. The lowest BCUT2D eigenvalue weighted by atomic mass is 10.1. The SMILES string of the molecule is COc1ccc(NC(=O)COc2cc(C)nc(N3CCCCC3)n2)cc1Cl. The fourth-order valence-corrected chi connectivity index (χ4v) is 3.17. The van der Waals surface area contributed by atoms with Crippen LogP contribution < -0.4 is 19.7 Å². The molecule has 3 rings (SSSR count). The number of aryl methyl sites for hydroxylation is 1. The standard InChI is InChI=1S/C19H23ClN4O3/c1-13-10-18(23-19(21-13)24-8-4-3-5-9-24)27-12-17(25)22-14-6-7-16(26-2)15(20)11-14/h6-7,10-11H,3-5,8-9,12H2,1-2H3,(H,22,25). The molecular weight excluding hydrogens is 368 g/mol. The van der Waals surface area contributed by atoms with E-state index in [1.165, 1.54) is 13.5 Å². The third-order valence-corrected chi connectivity index (χ3v) is 4.54. The van der Waals surface area contributed by atoms with Gasteiger partial charge in [-0.3, -0.25) is 4.79 Å². The van der Waals surface area contributed by atoms with Gasteiger partial charge in [-0.25, -0.2) is 4.98 Å². The molecule has 144 valence electrons. The van der Waals surface area contributed by atoms with E-state index in [0.29, 0.717) is 28.3 Å². The van der Waals surface area contributed by atoms with E-state index in [1.807, 2.05) is 6.92 Å². The first-order chi connectivity index (χ1) is 13.0. The maximum absolute atomic E-state index is 12.2. The van der Waals surface area contributed by atoms with Crippen molar-refractivity contribution in [1.29, 1.82) is 0 Å². The van der Waals surface area contributed by atoms with Crippen LogP contribution in [0.3, 0.4) is 0 Å². The van der Waals surface area contributed by atoms with Crippen molar-refractivity contribution in [2.24, 2.45) is 0 Å². The number of hydrogen-bond donors (Lipinski definition) is 1. The summed E-state index contributed by atoms with van der Waals surface area (Å²) in [5.41, 5.74) is 1.38. The van der Waals surface area contributed by atoms with Crippen molar-refractivity contribution in [2.75, 3.05) is 37.0 Å². The molecule has 1 aromatic heterocycles. The van der Waals surface area contributed by atoms with Crippen LogP contribution in [0, 0.1) is 6.92 Å². The van der Waals surface area contributed by atoms with Crippen LogP contribution in [-0.2, 0) is 4.79 Å². The predicted molar refractivity (Wildman–Crippen MR) is 105 cm³/mol. The maximum atomic E-state index is 12.2. The number of rotatable bonds is 6. The molecule has 1 aliphatic rings. The lowest BCUT2D eigenvalue weighted by Crippen LogP contribution is -2.31. The van der Waals surface area contributed by atoms with Crippen LogP contribution in [0.15, 0.2) is 24.3 Å². The summed E-state index contributed by atoms with van der Waals surface area (Å²) in [5.74, 6) is 1.30. The summed E-state index contributed by atoms with van der Waals surface area (Å²) in [5, 5.41) is 3.16. The molecule has 0 atom stereocenters.